The van der Waals surface area contributed by atoms with E-state index in [2.05, 4.69) is 11.4 Å². The second kappa shape index (κ2) is 7.18. The Kier molecular flexibility index (Phi) is 4.80. The molecule has 1 N–H and O–H groups in total. The lowest BCUT2D eigenvalue weighted by Crippen LogP contribution is -2.40. The fourth-order valence-corrected chi connectivity index (χ4v) is 2.93. The molecule has 2 aromatic carbocycles. The highest BCUT2D eigenvalue weighted by Gasteiger charge is 2.27. The van der Waals surface area contributed by atoms with Crippen molar-refractivity contribution in [1.29, 1.82) is 5.26 Å². The standard InChI is InChI=1S/C20H19N3O2/c1-14(16-7-5-15(13-21)6-8-16)22-17-9-11-18(12-10-17)23-19(24)3-2-4-20(23)25/h5-12,14,22H,2-4H2,1H3. The quantitative estimate of drug-likeness (QED) is 0.864. The second-order valence-electron chi connectivity index (χ2n) is 6.12. The normalized spacial score (nSPS) is 15.6. The Bertz CT molecular complexity index is 804. The second-order valence-corrected chi connectivity index (χ2v) is 6.12. The molecule has 1 saturated heterocycles. The third kappa shape index (κ3) is 3.69. The topological polar surface area (TPSA) is 73.2 Å². The van der Waals surface area contributed by atoms with Gasteiger partial charge >= 0.3 is 0 Å². The number of rotatable bonds is 4. The maximum atomic E-state index is 12.0. The Labute approximate surface area is 146 Å². The molecule has 3 rings (SSSR count). The summed E-state index contributed by atoms with van der Waals surface area (Å²) in [6, 6.07) is 16.9. The third-order valence-corrected chi connectivity index (χ3v) is 4.33. The summed E-state index contributed by atoms with van der Waals surface area (Å²) in [5.74, 6) is -0.272. The highest BCUT2D eigenvalue weighted by molar-refractivity contribution is 6.16. The number of carbonyl (C=O) groups excluding carboxylic acids is 2. The summed E-state index contributed by atoms with van der Waals surface area (Å²) in [6.07, 6.45) is 1.47. The molecule has 1 aliphatic heterocycles. The maximum Gasteiger partial charge on any atom is 0.233 e. The number of amides is 2. The van der Waals surface area contributed by atoms with E-state index in [0.717, 1.165) is 11.3 Å². The van der Waals surface area contributed by atoms with E-state index in [-0.39, 0.29) is 17.9 Å². The van der Waals surface area contributed by atoms with Crippen LogP contribution in [-0.4, -0.2) is 11.8 Å². The first kappa shape index (κ1) is 16.7. The summed E-state index contributed by atoms with van der Waals surface area (Å²) in [5.41, 5.74) is 3.23. The van der Waals surface area contributed by atoms with Gasteiger partial charge in [-0.3, -0.25) is 14.5 Å². The summed E-state index contributed by atoms with van der Waals surface area (Å²) in [7, 11) is 0. The van der Waals surface area contributed by atoms with Crippen LogP contribution in [-0.2, 0) is 9.59 Å². The zero-order chi connectivity index (χ0) is 17.8. The minimum Gasteiger partial charge on any atom is -0.379 e. The fourth-order valence-electron chi connectivity index (χ4n) is 2.93. The number of carbonyl (C=O) groups is 2. The first-order valence-corrected chi connectivity index (χ1v) is 8.31. The summed E-state index contributed by atoms with van der Waals surface area (Å²) in [6.45, 7) is 2.03. The molecule has 0 aliphatic carbocycles. The lowest BCUT2D eigenvalue weighted by molar-refractivity contribution is -0.129. The van der Waals surface area contributed by atoms with E-state index in [9.17, 15) is 9.59 Å². The Morgan fingerprint density at radius 3 is 2.16 bits per heavy atom. The molecule has 5 heteroatoms. The number of hydrogen-bond acceptors (Lipinski definition) is 4. The van der Waals surface area contributed by atoms with E-state index in [1.54, 1.807) is 24.3 Å². The molecular weight excluding hydrogens is 314 g/mol. The Morgan fingerprint density at radius 1 is 1.00 bits per heavy atom. The highest BCUT2D eigenvalue weighted by atomic mass is 16.2. The molecule has 0 saturated carbocycles. The Balaban J connectivity index is 1.70. The van der Waals surface area contributed by atoms with Crippen molar-refractivity contribution in [2.45, 2.75) is 32.2 Å². The van der Waals surface area contributed by atoms with Crippen LogP contribution in [0.25, 0.3) is 0 Å². The smallest absolute Gasteiger partial charge is 0.233 e. The van der Waals surface area contributed by atoms with Gasteiger partial charge in [0, 0.05) is 24.6 Å². The van der Waals surface area contributed by atoms with Crippen molar-refractivity contribution in [3.8, 4) is 6.07 Å². The van der Waals surface area contributed by atoms with Gasteiger partial charge in [0.05, 0.1) is 17.3 Å². The fraction of sp³-hybridized carbons (Fsp3) is 0.250. The zero-order valence-electron chi connectivity index (χ0n) is 14.0. The minimum absolute atomic E-state index is 0.0665. The van der Waals surface area contributed by atoms with Crippen LogP contribution in [0.1, 0.15) is 43.4 Å². The van der Waals surface area contributed by atoms with E-state index >= 15 is 0 Å². The predicted octanol–water partition coefficient (Wildman–Crippen LogP) is 3.77. The molecule has 1 fully saturated rings. The summed E-state index contributed by atoms with van der Waals surface area (Å²) in [5, 5.41) is 12.2. The molecular formula is C20H19N3O2. The van der Waals surface area contributed by atoms with E-state index in [4.69, 9.17) is 5.26 Å². The molecule has 2 amide bonds. The number of benzene rings is 2. The van der Waals surface area contributed by atoms with Crippen LogP contribution < -0.4 is 10.2 Å². The molecule has 5 nitrogen and oxygen atoms in total. The van der Waals surface area contributed by atoms with Gasteiger partial charge in [-0.05, 0) is 55.3 Å². The third-order valence-electron chi connectivity index (χ3n) is 4.33. The van der Waals surface area contributed by atoms with Crippen LogP contribution in [0.2, 0.25) is 0 Å². The van der Waals surface area contributed by atoms with Gasteiger partial charge in [-0.25, -0.2) is 0 Å². The molecule has 0 radical (unpaired) electrons. The van der Waals surface area contributed by atoms with Crippen molar-refractivity contribution in [2.24, 2.45) is 0 Å². The molecule has 1 aliphatic rings. The number of hydrogen-bond donors (Lipinski definition) is 1. The Morgan fingerprint density at radius 2 is 1.60 bits per heavy atom. The van der Waals surface area contributed by atoms with Crippen LogP contribution in [0.3, 0.4) is 0 Å². The van der Waals surface area contributed by atoms with Crippen LogP contribution in [0, 0.1) is 11.3 Å². The van der Waals surface area contributed by atoms with Crippen molar-refractivity contribution in [3.63, 3.8) is 0 Å². The number of nitriles is 1. The van der Waals surface area contributed by atoms with Gasteiger partial charge in [-0.1, -0.05) is 12.1 Å². The molecule has 0 spiro atoms. The summed E-state index contributed by atoms with van der Waals surface area (Å²) in [4.78, 5) is 25.2. The summed E-state index contributed by atoms with van der Waals surface area (Å²) < 4.78 is 0. The van der Waals surface area contributed by atoms with E-state index in [0.29, 0.717) is 30.5 Å². The van der Waals surface area contributed by atoms with E-state index in [1.165, 1.54) is 4.90 Å². The van der Waals surface area contributed by atoms with Crippen molar-refractivity contribution in [1.82, 2.24) is 0 Å². The first-order chi connectivity index (χ1) is 12.1. The molecule has 1 unspecified atom stereocenters. The average molecular weight is 333 g/mol. The van der Waals surface area contributed by atoms with Crippen LogP contribution in [0.4, 0.5) is 11.4 Å². The molecule has 2 aromatic rings. The van der Waals surface area contributed by atoms with Gasteiger partial charge in [-0.15, -0.1) is 0 Å². The largest absolute Gasteiger partial charge is 0.379 e. The Hall–Kier alpha value is -3.13. The maximum absolute atomic E-state index is 12.0. The summed E-state index contributed by atoms with van der Waals surface area (Å²) >= 11 is 0. The van der Waals surface area contributed by atoms with Gasteiger partial charge in [0.15, 0.2) is 0 Å². The minimum atomic E-state index is -0.136. The lowest BCUT2D eigenvalue weighted by atomic mass is 10.1. The van der Waals surface area contributed by atoms with Crippen LogP contribution in [0.5, 0.6) is 0 Å². The average Bonchev–Trinajstić information content (AvgIpc) is 2.63. The van der Waals surface area contributed by atoms with Crippen molar-refractivity contribution in [2.75, 3.05) is 10.2 Å². The SMILES string of the molecule is CC(Nc1ccc(N2C(=O)CCCC2=O)cc1)c1ccc(C#N)cc1. The number of nitrogens with zero attached hydrogens (tertiary/aromatic N) is 2. The first-order valence-electron chi connectivity index (χ1n) is 8.31. The van der Waals surface area contributed by atoms with Gasteiger partial charge in [0.1, 0.15) is 0 Å². The predicted molar refractivity (Wildman–Crippen MR) is 96.0 cm³/mol. The zero-order valence-corrected chi connectivity index (χ0v) is 14.0. The van der Waals surface area contributed by atoms with Gasteiger partial charge in [-0.2, -0.15) is 5.26 Å². The van der Waals surface area contributed by atoms with E-state index in [1.807, 2.05) is 31.2 Å². The number of anilines is 2. The highest BCUT2D eigenvalue weighted by Crippen LogP contribution is 2.25. The molecule has 25 heavy (non-hydrogen) atoms. The monoisotopic (exact) mass is 333 g/mol. The number of piperidine rings is 1. The van der Waals surface area contributed by atoms with E-state index < -0.39 is 0 Å². The molecule has 1 heterocycles. The lowest BCUT2D eigenvalue weighted by Gasteiger charge is -2.25. The van der Waals surface area contributed by atoms with Gasteiger partial charge in [0.2, 0.25) is 11.8 Å². The van der Waals surface area contributed by atoms with Crippen molar-refractivity contribution < 1.29 is 9.59 Å². The van der Waals surface area contributed by atoms with Crippen molar-refractivity contribution >= 4 is 23.2 Å². The number of imide groups is 1. The molecule has 126 valence electrons. The van der Waals surface area contributed by atoms with Gasteiger partial charge in [0.25, 0.3) is 0 Å². The van der Waals surface area contributed by atoms with Crippen molar-refractivity contribution in [3.05, 3.63) is 59.7 Å². The molecule has 0 aromatic heterocycles. The molecule has 0 bridgehead atoms. The van der Waals surface area contributed by atoms with Gasteiger partial charge < -0.3 is 5.32 Å². The number of nitrogens with one attached hydrogen (secondary N) is 1. The molecule has 1 atom stereocenters. The van der Waals surface area contributed by atoms with Crippen LogP contribution >= 0.6 is 0 Å². The van der Waals surface area contributed by atoms with Crippen LogP contribution in [0.15, 0.2) is 48.5 Å².